The second-order valence-corrected chi connectivity index (χ2v) is 8.02. The van der Waals surface area contributed by atoms with Crippen molar-refractivity contribution in [2.45, 2.75) is 39.0 Å². The fourth-order valence-corrected chi connectivity index (χ4v) is 3.25. The van der Waals surface area contributed by atoms with Gasteiger partial charge in [0.1, 0.15) is 5.25 Å². The fourth-order valence-electron chi connectivity index (χ4n) is 1.71. The smallest absolute Gasteiger partial charge is 0.242 e. The van der Waals surface area contributed by atoms with Crippen molar-refractivity contribution < 1.29 is 13.2 Å². The van der Waals surface area contributed by atoms with Gasteiger partial charge in [-0.1, -0.05) is 26.0 Å². The molecule has 3 N–H and O–H groups in total. The van der Waals surface area contributed by atoms with E-state index in [1.165, 1.54) is 6.92 Å². The van der Waals surface area contributed by atoms with Gasteiger partial charge in [0.2, 0.25) is 5.91 Å². The molecule has 1 atom stereocenters. The molecule has 0 aromatic heterocycles. The van der Waals surface area contributed by atoms with Gasteiger partial charge in [-0.05, 0) is 37.0 Å². The molecule has 0 bridgehead atoms. The van der Waals surface area contributed by atoms with Gasteiger partial charge in [-0.3, -0.25) is 4.79 Å². The highest BCUT2D eigenvalue weighted by molar-refractivity contribution is 7.92. The van der Waals surface area contributed by atoms with Crippen molar-refractivity contribution >= 4 is 21.4 Å². The van der Waals surface area contributed by atoms with Gasteiger partial charge in [0.25, 0.3) is 0 Å². The maximum absolute atomic E-state index is 12.1. The number of nitrogens with two attached hydrogens (primary N) is 1. The lowest BCUT2D eigenvalue weighted by atomic mass is 10.2. The molecular formula is C15H24N2O3S. The summed E-state index contributed by atoms with van der Waals surface area (Å²) in [7, 11) is -3.42. The molecule has 1 amide bonds. The molecule has 1 rings (SSSR count). The van der Waals surface area contributed by atoms with Crippen LogP contribution in [0.2, 0.25) is 0 Å². The number of nitrogens with one attached hydrogen (secondary N) is 1. The Morgan fingerprint density at radius 2 is 1.76 bits per heavy atom. The van der Waals surface area contributed by atoms with Gasteiger partial charge in [-0.25, -0.2) is 8.42 Å². The average molecular weight is 312 g/mol. The molecule has 118 valence electrons. The molecule has 21 heavy (non-hydrogen) atoms. The SMILES string of the molecule is CC(C)CCS(=O)(=O)C(C)C(=O)Nc1ccc(CN)cc1. The van der Waals surface area contributed by atoms with E-state index in [1.807, 2.05) is 13.8 Å². The molecule has 0 fully saturated rings. The Balaban J connectivity index is 2.68. The number of hydrogen-bond donors (Lipinski definition) is 2. The standard InChI is InChI=1S/C15H24N2O3S/c1-11(2)8-9-21(19,20)12(3)15(18)17-14-6-4-13(10-16)5-7-14/h4-7,11-12H,8-10,16H2,1-3H3,(H,17,18). The zero-order valence-corrected chi connectivity index (χ0v) is 13.6. The Morgan fingerprint density at radius 3 is 2.24 bits per heavy atom. The summed E-state index contributed by atoms with van der Waals surface area (Å²) < 4.78 is 24.2. The lowest BCUT2D eigenvalue weighted by molar-refractivity contribution is -0.115. The van der Waals surface area contributed by atoms with Crippen molar-refractivity contribution in [1.29, 1.82) is 0 Å². The van der Waals surface area contributed by atoms with Gasteiger partial charge in [0, 0.05) is 12.2 Å². The van der Waals surface area contributed by atoms with Crippen molar-refractivity contribution in [3.05, 3.63) is 29.8 Å². The summed E-state index contributed by atoms with van der Waals surface area (Å²) in [6, 6.07) is 7.03. The number of hydrogen-bond acceptors (Lipinski definition) is 4. The third kappa shape index (κ3) is 5.47. The maximum Gasteiger partial charge on any atom is 0.242 e. The molecule has 1 aromatic carbocycles. The van der Waals surface area contributed by atoms with E-state index in [0.29, 0.717) is 24.6 Å². The quantitative estimate of drug-likeness (QED) is 0.805. The minimum absolute atomic E-state index is 0.0331. The minimum atomic E-state index is -3.42. The van der Waals surface area contributed by atoms with Crippen LogP contribution in [0.4, 0.5) is 5.69 Å². The van der Waals surface area contributed by atoms with E-state index in [4.69, 9.17) is 5.73 Å². The van der Waals surface area contributed by atoms with Gasteiger partial charge in [0.15, 0.2) is 9.84 Å². The lowest BCUT2D eigenvalue weighted by Gasteiger charge is -2.14. The maximum atomic E-state index is 12.1. The highest BCUT2D eigenvalue weighted by Crippen LogP contribution is 2.13. The van der Waals surface area contributed by atoms with Gasteiger partial charge < -0.3 is 11.1 Å². The molecule has 0 aliphatic carbocycles. The van der Waals surface area contributed by atoms with Crippen molar-refractivity contribution in [2.75, 3.05) is 11.1 Å². The van der Waals surface area contributed by atoms with Crippen LogP contribution in [-0.4, -0.2) is 25.3 Å². The van der Waals surface area contributed by atoms with Gasteiger partial charge in [0.05, 0.1) is 5.75 Å². The van der Waals surface area contributed by atoms with E-state index < -0.39 is 21.0 Å². The predicted molar refractivity (Wildman–Crippen MR) is 85.7 cm³/mol. The van der Waals surface area contributed by atoms with Crippen LogP contribution in [0.3, 0.4) is 0 Å². The molecule has 0 aliphatic rings. The predicted octanol–water partition coefficient (Wildman–Crippen LogP) is 1.93. The second-order valence-electron chi connectivity index (χ2n) is 5.58. The summed E-state index contributed by atoms with van der Waals surface area (Å²) in [5, 5.41) is 1.58. The summed E-state index contributed by atoms with van der Waals surface area (Å²) in [6.07, 6.45) is 0.561. The average Bonchev–Trinajstić information content (AvgIpc) is 2.45. The van der Waals surface area contributed by atoms with E-state index in [-0.39, 0.29) is 5.75 Å². The monoisotopic (exact) mass is 312 g/mol. The molecule has 6 heteroatoms. The van der Waals surface area contributed by atoms with Crippen molar-refractivity contribution in [3.63, 3.8) is 0 Å². The fraction of sp³-hybridized carbons (Fsp3) is 0.533. The highest BCUT2D eigenvalue weighted by atomic mass is 32.2. The molecular weight excluding hydrogens is 288 g/mol. The summed E-state index contributed by atoms with van der Waals surface area (Å²) in [4.78, 5) is 12.0. The normalized spacial score (nSPS) is 13.2. The molecule has 0 radical (unpaired) electrons. The zero-order valence-electron chi connectivity index (χ0n) is 12.8. The number of benzene rings is 1. The summed E-state index contributed by atoms with van der Waals surface area (Å²) in [6.45, 7) is 5.77. The largest absolute Gasteiger partial charge is 0.326 e. The first kappa shape index (κ1) is 17.7. The van der Waals surface area contributed by atoms with E-state index in [2.05, 4.69) is 5.32 Å². The van der Waals surface area contributed by atoms with Gasteiger partial charge in [-0.2, -0.15) is 0 Å². The van der Waals surface area contributed by atoms with Crippen molar-refractivity contribution in [1.82, 2.24) is 0 Å². The third-order valence-corrected chi connectivity index (χ3v) is 5.44. The first-order valence-corrected chi connectivity index (χ1v) is 8.79. The highest BCUT2D eigenvalue weighted by Gasteiger charge is 2.27. The van der Waals surface area contributed by atoms with Crippen molar-refractivity contribution in [3.8, 4) is 0 Å². The van der Waals surface area contributed by atoms with Crippen LogP contribution in [0.1, 0.15) is 32.8 Å². The molecule has 0 spiro atoms. The topological polar surface area (TPSA) is 89.3 Å². The van der Waals surface area contributed by atoms with Crippen LogP contribution in [-0.2, 0) is 21.2 Å². The summed E-state index contributed by atoms with van der Waals surface area (Å²) in [5.74, 6) is -0.177. The number of anilines is 1. The summed E-state index contributed by atoms with van der Waals surface area (Å²) in [5.41, 5.74) is 7.02. The Bertz CT molecular complexity index is 565. The Kier molecular flexibility index (Phi) is 6.36. The molecule has 1 aromatic rings. The molecule has 0 aliphatic heterocycles. The minimum Gasteiger partial charge on any atom is -0.326 e. The Morgan fingerprint density at radius 1 is 1.19 bits per heavy atom. The lowest BCUT2D eigenvalue weighted by Crippen LogP contribution is -2.34. The third-order valence-electron chi connectivity index (χ3n) is 3.34. The molecule has 5 nitrogen and oxygen atoms in total. The van der Waals surface area contributed by atoms with Crippen LogP contribution in [0.5, 0.6) is 0 Å². The number of rotatable bonds is 7. The second kappa shape index (κ2) is 7.56. The Labute approximate surface area is 126 Å². The van der Waals surface area contributed by atoms with Crippen LogP contribution in [0.15, 0.2) is 24.3 Å². The number of carbonyl (C=O) groups excluding carboxylic acids is 1. The Hall–Kier alpha value is -1.40. The molecule has 0 heterocycles. The zero-order chi connectivity index (χ0) is 16.0. The van der Waals surface area contributed by atoms with E-state index in [9.17, 15) is 13.2 Å². The number of carbonyl (C=O) groups is 1. The van der Waals surface area contributed by atoms with Crippen LogP contribution in [0.25, 0.3) is 0 Å². The van der Waals surface area contributed by atoms with Gasteiger partial charge in [-0.15, -0.1) is 0 Å². The number of sulfone groups is 1. The molecule has 1 unspecified atom stereocenters. The van der Waals surface area contributed by atoms with Gasteiger partial charge >= 0.3 is 0 Å². The summed E-state index contributed by atoms with van der Waals surface area (Å²) >= 11 is 0. The molecule has 0 saturated carbocycles. The van der Waals surface area contributed by atoms with Crippen LogP contribution in [0, 0.1) is 5.92 Å². The number of amides is 1. The van der Waals surface area contributed by atoms with Crippen LogP contribution >= 0.6 is 0 Å². The first-order valence-electron chi connectivity index (χ1n) is 7.07. The van der Waals surface area contributed by atoms with E-state index in [0.717, 1.165) is 5.56 Å². The van der Waals surface area contributed by atoms with E-state index >= 15 is 0 Å². The van der Waals surface area contributed by atoms with Crippen molar-refractivity contribution in [2.24, 2.45) is 11.7 Å². The first-order chi connectivity index (χ1) is 9.76. The molecule has 0 saturated heterocycles. The van der Waals surface area contributed by atoms with Crippen LogP contribution < -0.4 is 11.1 Å². The van der Waals surface area contributed by atoms with E-state index in [1.54, 1.807) is 24.3 Å².